The van der Waals surface area contributed by atoms with Crippen molar-refractivity contribution in [1.29, 1.82) is 0 Å². The smallest absolute Gasteiger partial charge is 0.153 e. The number of ether oxygens (including phenoxy) is 1. The van der Waals surface area contributed by atoms with Crippen molar-refractivity contribution in [3.8, 4) is 5.75 Å². The number of nitrogens with zero attached hydrogens (tertiary/aromatic N) is 1. The summed E-state index contributed by atoms with van der Waals surface area (Å²) >= 11 is 6.03. The molecular weight excluding hydrogens is 250 g/mol. The van der Waals surface area contributed by atoms with Crippen LogP contribution in [0.1, 0.15) is 29.6 Å². The highest BCUT2D eigenvalue weighted by atomic mass is 35.5. The van der Waals surface area contributed by atoms with Crippen molar-refractivity contribution in [2.24, 2.45) is 0 Å². The van der Waals surface area contributed by atoms with Crippen molar-refractivity contribution in [3.05, 3.63) is 28.8 Å². The summed E-state index contributed by atoms with van der Waals surface area (Å²) in [6.45, 7) is 3.76. The van der Waals surface area contributed by atoms with Crippen LogP contribution in [-0.2, 0) is 0 Å². The van der Waals surface area contributed by atoms with Crippen LogP contribution in [-0.4, -0.2) is 37.4 Å². The number of carbonyl (C=O) groups excluding carboxylic acids is 1. The molecule has 0 spiro atoms. The average molecular weight is 268 g/mol. The van der Waals surface area contributed by atoms with E-state index in [-0.39, 0.29) is 0 Å². The molecular formula is C14H18ClNO2. The predicted octanol–water partition coefficient (Wildman–Crippen LogP) is 3.02. The lowest BCUT2D eigenvalue weighted by Crippen LogP contribution is -2.33. The van der Waals surface area contributed by atoms with Gasteiger partial charge in [-0.2, -0.15) is 0 Å². The summed E-state index contributed by atoms with van der Waals surface area (Å²) in [5, 5.41) is 0.498. The van der Waals surface area contributed by atoms with Crippen LogP contribution < -0.4 is 4.74 Å². The number of halogens is 1. The van der Waals surface area contributed by atoms with Crippen molar-refractivity contribution in [2.45, 2.75) is 19.3 Å². The van der Waals surface area contributed by atoms with E-state index in [2.05, 4.69) is 4.90 Å². The molecule has 3 nitrogen and oxygen atoms in total. The van der Waals surface area contributed by atoms with Gasteiger partial charge < -0.3 is 4.74 Å². The third-order valence-electron chi connectivity index (χ3n) is 3.23. The molecule has 0 aromatic heterocycles. The molecule has 1 aromatic carbocycles. The van der Waals surface area contributed by atoms with E-state index in [1.54, 1.807) is 18.2 Å². The maximum absolute atomic E-state index is 10.9. The molecule has 0 aliphatic carbocycles. The van der Waals surface area contributed by atoms with Crippen LogP contribution >= 0.6 is 11.6 Å². The molecule has 0 saturated carbocycles. The quantitative estimate of drug-likeness (QED) is 0.768. The summed E-state index contributed by atoms with van der Waals surface area (Å²) in [4.78, 5) is 13.3. The van der Waals surface area contributed by atoms with E-state index in [1.807, 2.05) is 0 Å². The molecule has 0 atom stereocenters. The van der Waals surface area contributed by atoms with Gasteiger partial charge in [0.2, 0.25) is 0 Å². The Kier molecular flexibility index (Phi) is 5.02. The van der Waals surface area contributed by atoms with E-state index in [1.165, 1.54) is 19.3 Å². The molecule has 1 saturated heterocycles. The maximum Gasteiger partial charge on any atom is 0.153 e. The number of rotatable bonds is 5. The second-order valence-corrected chi connectivity index (χ2v) is 4.93. The summed E-state index contributed by atoms with van der Waals surface area (Å²) in [6.07, 6.45) is 4.65. The highest BCUT2D eigenvalue weighted by Gasteiger charge is 2.11. The van der Waals surface area contributed by atoms with Gasteiger partial charge in [-0.25, -0.2) is 0 Å². The molecule has 2 rings (SSSR count). The fourth-order valence-corrected chi connectivity index (χ4v) is 2.47. The maximum atomic E-state index is 10.9. The highest BCUT2D eigenvalue weighted by molar-refractivity contribution is 6.32. The van der Waals surface area contributed by atoms with Crippen LogP contribution in [0, 0.1) is 0 Å². The van der Waals surface area contributed by atoms with Gasteiger partial charge >= 0.3 is 0 Å². The van der Waals surface area contributed by atoms with E-state index in [4.69, 9.17) is 16.3 Å². The fraction of sp³-hybridized carbons (Fsp3) is 0.500. The van der Waals surface area contributed by atoms with Gasteiger partial charge in [-0.3, -0.25) is 9.69 Å². The molecule has 0 bridgehead atoms. The molecule has 1 aliphatic rings. The van der Waals surface area contributed by atoms with Gasteiger partial charge in [0.15, 0.2) is 6.29 Å². The number of benzene rings is 1. The summed E-state index contributed by atoms with van der Waals surface area (Å²) < 4.78 is 5.66. The molecule has 0 N–H and O–H groups in total. The summed E-state index contributed by atoms with van der Waals surface area (Å²) in [5.41, 5.74) is 0.515. The molecule has 1 aliphatic heterocycles. The number of carbonyl (C=O) groups is 1. The van der Waals surface area contributed by atoms with E-state index in [0.717, 1.165) is 25.9 Å². The summed E-state index contributed by atoms with van der Waals surface area (Å²) in [7, 11) is 0. The minimum absolute atomic E-state index is 0.498. The zero-order valence-electron chi connectivity index (χ0n) is 10.4. The Morgan fingerprint density at radius 1 is 1.28 bits per heavy atom. The van der Waals surface area contributed by atoms with Gasteiger partial charge in [-0.1, -0.05) is 24.1 Å². The number of para-hydroxylation sites is 1. The summed E-state index contributed by atoms with van der Waals surface area (Å²) in [5.74, 6) is 0.506. The lowest BCUT2D eigenvalue weighted by atomic mass is 10.1. The molecule has 0 amide bonds. The Morgan fingerprint density at radius 2 is 2.06 bits per heavy atom. The van der Waals surface area contributed by atoms with E-state index < -0.39 is 0 Å². The van der Waals surface area contributed by atoms with Crippen LogP contribution in [0.4, 0.5) is 0 Å². The fourth-order valence-electron chi connectivity index (χ4n) is 2.23. The molecule has 1 aromatic rings. The molecule has 1 fully saturated rings. The van der Waals surface area contributed by atoms with Gasteiger partial charge in [0.05, 0.1) is 10.6 Å². The van der Waals surface area contributed by atoms with Crippen molar-refractivity contribution in [2.75, 3.05) is 26.2 Å². The Balaban J connectivity index is 1.87. The van der Waals surface area contributed by atoms with Crippen LogP contribution in [0.15, 0.2) is 18.2 Å². The van der Waals surface area contributed by atoms with Gasteiger partial charge in [-0.05, 0) is 38.1 Å². The molecule has 18 heavy (non-hydrogen) atoms. The van der Waals surface area contributed by atoms with E-state index in [9.17, 15) is 4.79 Å². The molecule has 0 radical (unpaired) electrons. The third kappa shape index (κ3) is 3.47. The van der Waals surface area contributed by atoms with Crippen LogP contribution in [0.25, 0.3) is 0 Å². The zero-order chi connectivity index (χ0) is 12.8. The monoisotopic (exact) mass is 267 g/mol. The highest BCUT2D eigenvalue weighted by Crippen LogP contribution is 2.27. The normalized spacial score (nSPS) is 16.5. The predicted molar refractivity (Wildman–Crippen MR) is 72.6 cm³/mol. The standard InChI is InChI=1S/C14H18ClNO2/c15-13-6-4-5-12(11-17)14(13)18-10-9-16-7-2-1-3-8-16/h4-6,11H,1-3,7-10H2. The zero-order valence-corrected chi connectivity index (χ0v) is 11.2. The molecule has 98 valence electrons. The number of hydrogen-bond acceptors (Lipinski definition) is 3. The molecule has 0 unspecified atom stereocenters. The van der Waals surface area contributed by atoms with Gasteiger partial charge in [-0.15, -0.1) is 0 Å². The average Bonchev–Trinajstić information content (AvgIpc) is 2.41. The van der Waals surface area contributed by atoms with Crippen molar-refractivity contribution < 1.29 is 9.53 Å². The summed E-state index contributed by atoms with van der Waals surface area (Å²) in [6, 6.07) is 5.21. The van der Waals surface area contributed by atoms with Crippen LogP contribution in [0.5, 0.6) is 5.75 Å². The van der Waals surface area contributed by atoms with Gasteiger partial charge in [0.1, 0.15) is 12.4 Å². The van der Waals surface area contributed by atoms with Crippen molar-refractivity contribution in [1.82, 2.24) is 4.90 Å². The van der Waals surface area contributed by atoms with Gasteiger partial charge in [0, 0.05) is 6.54 Å². The Hall–Kier alpha value is -1.06. The van der Waals surface area contributed by atoms with E-state index in [0.29, 0.717) is 22.9 Å². The van der Waals surface area contributed by atoms with E-state index >= 15 is 0 Å². The first-order valence-electron chi connectivity index (χ1n) is 6.40. The number of likely N-dealkylation sites (tertiary alicyclic amines) is 1. The van der Waals surface area contributed by atoms with Crippen molar-refractivity contribution in [3.63, 3.8) is 0 Å². The Bertz CT molecular complexity index is 403. The number of piperidine rings is 1. The Labute approximate surface area is 113 Å². The first-order chi connectivity index (χ1) is 8.81. The lowest BCUT2D eigenvalue weighted by molar-refractivity contribution is 0.111. The number of hydrogen-bond donors (Lipinski definition) is 0. The minimum atomic E-state index is 0.498. The van der Waals surface area contributed by atoms with Gasteiger partial charge in [0.25, 0.3) is 0 Å². The third-order valence-corrected chi connectivity index (χ3v) is 3.52. The first kappa shape index (κ1) is 13.4. The molecule has 1 heterocycles. The topological polar surface area (TPSA) is 29.5 Å². The van der Waals surface area contributed by atoms with Crippen LogP contribution in [0.2, 0.25) is 5.02 Å². The SMILES string of the molecule is O=Cc1cccc(Cl)c1OCCN1CCCCC1. The second-order valence-electron chi connectivity index (χ2n) is 4.53. The molecule has 4 heteroatoms. The largest absolute Gasteiger partial charge is 0.490 e. The van der Waals surface area contributed by atoms with Crippen molar-refractivity contribution >= 4 is 17.9 Å². The first-order valence-corrected chi connectivity index (χ1v) is 6.78. The Morgan fingerprint density at radius 3 is 2.78 bits per heavy atom. The second kappa shape index (κ2) is 6.76. The minimum Gasteiger partial charge on any atom is -0.490 e. The lowest BCUT2D eigenvalue weighted by Gasteiger charge is -2.26. The number of aldehydes is 1. The van der Waals surface area contributed by atoms with Crippen LogP contribution in [0.3, 0.4) is 0 Å².